The van der Waals surface area contributed by atoms with Gasteiger partial charge in [0.25, 0.3) is 0 Å². The Morgan fingerprint density at radius 3 is 2.35 bits per heavy atom. The molecule has 0 aliphatic rings. The first-order chi connectivity index (χ1) is 14.6. The van der Waals surface area contributed by atoms with Crippen molar-refractivity contribution in [2.75, 3.05) is 17.2 Å². The van der Waals surface area contributed by atoms with Gasteiger partial charge in [-0.3, -0.25) is 9.59 Å². The highest BCUT2D eigenvalue weighted by atomic mass is 19.1. The lowest BCUT2D eigenvalue weighted by molar-refractivity contribution is -0.116. The first-order valence-corrected chi connectivity index (χ1v) is 9.73. The van der Waals surface area contributed by atoms with Crippen LogP contribution in [0.4, 0.5) is 20.6 Å². The zero-order valence-corrected chi connectivity index (χ0v) is 17.7. The summed E-state index contributed by atoms with van der Waals surface area (Å²) in [4.78, 5) is 35.7. The Labute approximate surface area is 180 Å². The number of hydrogen-bond acceptors (Lipinski definition) is 4. The molecule has 8 heteroatoms. The van der Waals surface area contributed by atoms with E-state index >= 15 is 0 Å². The smallest absolute Gasteiger partial charge is 0.407 e. The van der Waals surface area contributed by atoms with Gasteiger partial charge in [-0.15, -0.1) is 0 Å². The van der Waals surface area contributed by atoms with E-state index in [9.17, 15) is 18.8 Å². The summed E-state index contributed by atoms with van der Waals surface area (Å²) in [5.74, 6) is -1.16. The van der Waals surface area contributed by atoms with Gasteiger partial charge < -0.3 is 20.7 Å². The lowest BCUT2D eigenvalue weighted by Crippen LogP contribution is -2.34. The van der Waals surface area contributed by atoms with E-state index in [1.807, 2.05) is 0 Å². The molecule has 0 aliphatic heterocycles. The summed E-state index contributed by atoms with van der Waals surface area (Å²) in [6.45, 7) is 5.38. The minimum atomic E-state index is -0.609. The maximum absolute atomic E-state index is 13.6. The number of rotatable bonds is 7. The highest BCUT2D eigenvalue weighted by Crippen LogP contribution is 2.16. The number of carbonyl (C=O) groups excluding carboxylic acids is 3. The summed E-state index contributed by atoms with van der Waals surface area (Å²) in [6, 6.07) is 12.7. The van der Waals surface area contributed by atoms with Crippen LogP contribution in [-0.4, -0.2) is 30.1 Å². The van der Waals surface area contributed by atoms with Gasteiger partial charge in [0.1, 0.15) is 11.4 Å². The molecule has 0 atom stereocenters. The summed E-state index contributed by atoms with van der Waals surface area (Å²) in [5, 5.41) is 7.86. The van der Waals surface area contributed by atoms with Crippen LogP contribution in [0.15, 0.2) is 54.6 Å². The molecule has 7 nitrogen and oxygen atoms in total. The van der Waals surface area contributed by atoms with Gasteiger partial charge >= 0.3 is 6.09 Å². The van der Waals surface area contributed by atoms with Crippen LogP contribution in [0.25, 0.3) is 6.08 Å². The Balaban J connectivity index is 1.83. The molecule has 0 radical (unpaired) electrons. The van der Waals surface area contributed by atoms with Gasteiger partial charge in [0, 0.05) is 36.0 Å². The fraction of sp³-hybridized carbons (Fsp3) is 0.261. The normalized spacial score (nSPS) is 11.1. The van der Waals surface area contributed by atoms with Crippen molar-refractivity contribution >= 4 is 35.4 Å². The van der Waals surface area contributed by atoms with Crippen LogP contribution in [0.3, 0.4) is 0 Å². The third-order valence-corrected chi connectivity index (χ3v) is 3.75. The van der Waals surface area contributed by atoms with Crippen LogP contribution in [0.1, 0.15) is 32.8 Å². The largest absolute Gasteiger partial charge is 0.444 e. The van der Waals surface area contributed by atoms with E-state index in [1.54, 1.807) is 63.2 Å². The molecule has 0 bridgehead atoms. The maximum Gasteiger partial charge on any atom is 0.407 e. The molecule has 0 spiro atoms. The number of halogens is 1. The van der Waals surface area contributed by atoms with E-state index < -0.39 is 23.4 Å². The minimum Gasteiger partial charge on any atom is -0.444 e. The Bertz CT molecular complexity index is 967. The van der Waals surface area contributed by atoms with E-state index in [2.05, 4.69) is 16.0 Å². The van der Waals surface area contributed by atoms with Crippen LogP contribution in [0.5, 0.6) is 0 Å². The van der Waals surface area contributed by atoms with Crippen molar-refractivity contribution in [3.63, 3.8) is 0 Å². The van der Waals surface area contributed by atoms with Gasteiger partial charge in [-0.2, -0.15) is 0 Å². The second-order valence-electron chi connectivity index (χ2n) is 7.65. The van der Waals surface area contributed by atoms with Crippen molar-refractivity contribution in [2.45, 2.75) is 32.8 Å². The molecular formula is C23H26FN3O4. The molecule has 2 aromatic carbocycles. The van der Waals surface area contributed by atoms with E-state index in [4.69, 9.17) is 4.74 Å². The Morgan fingerprint density at radius 1 is 1.00 bits per heavy atom. The quantitative estimate of drug-likeness (QED) is 0.573. The lowest BCUT2D eigenvalue weighted by Gasteiger charge is -2.19. The van der Waals surface area contributed by atoms with Crippen LogP contribution in [-0.2, 0) is 14.3 Å². The van der Waals surface area contributed by atoms with Crippen molar-refractivity contribution in [3.05, 3.63) is 66.0 Å². The number of hydrogen-bond donors (Lipinski definition) is 3. The SMILES string of the molecule is CC(C)(C)OC(=O)NCCC(=O)Nc1cccc(NC(=O)/C=C/c2ccccc2F)c1. The van der Waals surface area contributed by atoms with Gasteiger partial charge in [0.05, 0.1) is 0 Å². The van der Waals surface area contributed by atoms with Gasteiger partial charge in [-0.25, -0.2) is 9.18 Å². The third-order valence-electron chi connectivity index (χ3n) is 3.75. The van der Waals surface area contributed by atoms with E-state index in [0.29, 0.717) is 16.9 Å². The van der Waals surface area contributed by atoms with Crippen molar-refractivity contribution in [3.8, 4) is 0 Å². The number of amides is 3. The Morgan fingerprint density at radius 2 is 1.68 bits per heavy atom. The predicted octanol–water partition coefficient (Wildman–Crippen LogP) is 4.33. The summed E-state index contributed by atoms with van der Waals surface area (Å²) in [6.07, 6.45) is 2.08. The molecule has 0 heterocycles. The highest BCUT2D eigenvalue weighted by molar-refractivity contribution is 6.02. The number of nitrogens with one attached hydrogen (secondary N) is 3. The first-order valence-electron chi connectivity index (χ1n) is 9.73. The average Bonchev–Trinajstić information content (AvgIpc) is 2.66. The Kier molecular flexibility index (Phi) is 8.31. The number of ether oxygens (including phenoxy) is 1. The fourth-order valence-electron chi connectivity index (χ4n) is 2.45. The van der Waals surface area contributed by atoms with Crippen LogP contribution in [0.2, 0.25) is 0 Å². The maximum atomic E-state index is 13.6. The Hall–Kier alpha value is -3.68. The minimum absolute atomic E-state index is 0.0568. The van der Waals surface area contributed by atoms with Crippen LogP contribution < -0.4 is 16.0 Å². The zero-order chi connectivity index (χ0) is 22.9. The zero-order valence-electron chi connectivity index (χ0n) is 17.7. The molecule has 31 heavy (non-hydrogen) atoms. The lowest BCUT2D eigenvalue weighted by atomic mass is 10.2. The summed E-state index contributed by atoms with van der Waals surface area (Å²) >= 11 is 0. The van der Waals surface area contributed by atoms with Crippen molar-refractivity contribution in [1.29, 1.82) is 0 Å². The second-order valence-corrected chi connectivity index (χ2v) is 7.65. The number of carbonyl (C=O) groups is 3. The molecule has 3 N–H and O–H groups in total. The molecule has 0 saturated heterocycles. The summed E-state index contributed by atoms with van der Waals surface area (Å²) in [5.41, 5.74) is 0.645. The van der Waals surface area contributed by atoms with Gasteiger partial charge in [0.15, 0.2) is 0 Å². The molecule has 0 aliphatic carbocycles. The summed E-state index contributed by atoms with van der Waals surface area (Å²) in [7, 11) is 0. The van der Waals surface area contributed by atoms with Crippen LogP contribution in [0, 0.1) is 5.82 Å². The third kappa shape index (κ3) is 9.12. The standard InChI is InChI=1S/C23H26FN3O4/c1-23(2,3)31-22(30)25-14-13-21(29)27-18-9-6-8-17(15-18)26-20(28)12-11-16-7-4-5-10-19(16)24/h4-12,15H,13-14H2,1-3H3,(H,25,30)(H,26,28)(H,27,29)/b12-11+. The topological polar surface area (TPSA) is 96.5 Å². The molecular weight excluding hydrogens is 401 g/mol. The molecule has 0 aromatic heterocycles. The average molecular weight is 427 g/mol. The summed E-state index contributed by atoms with van der Waals surface area (Å²) < 4.78 is 18.7. The molecule has 2 rings (SSSR count). The number of benzene rings is 2. The molecule has 2 aromatic rings. The van der Waals surface area contributed by atoms with E-state index in [-0.39, 0.29) is 18.9 Å². The van der Waals surface area contributed by atoms with E-state index in [0.717, 1.165) is 0 Å². The van der Waals surface area contributed by atoms with Gasteiger partial charge in [-0.05, 0) is 51.1 Å². The van der Waals surface area contributed by atoms with Crippen molar-refractivity contribution < 1.29 is 23.5 Å². The van der Waals surface area contributed by atoms with Crippen molar-refractivity contribution in [1.82, 2.24) is 5.32 Å². The van der Waals surface area contributed by atoms with Gasteiger partial charge in [0.2, 0.25) is 11.8 Å². The molecule has 0 unspecified atom stereocenters. The predicted molar refractivity (Wildman–Crippen MR) is 118 cm³/mol. The van der Waals surface area contributed by atoms with Gasteiger partial charge in [-0.1, -0.05) is 24.3 Å². The molecule has 164 valence electrons. The second kappa shape index (κ2) is 10.9. The van der Waals surface area contributed by atoms with Crippen LogP contribution >= 0.6 is 0 Å². The fourth-order valence-corrected chi connectivity index (χ4v) is 2.45. The van der Waals surface area contributed by atoms with Crippen molar-refractivity contribution in [2.24, 2.45) is 0 Å². The number of alkyl carbamates (subject to hydrolysis) is 1. The highest BCUT2D eigenvalue weighted by Gasteiger charge is 2.15. The molecule has 0 saturated carbocycles. The molecule has 0 fully saturated rings. The van der Waals surface area contributed by atoms with E-state index in [1.165, 1.54) is 18.2 Å². The monoisotopic (exact) mass is 427 g/mol. The first kappa shape index (κ1) is 23.6. The number of anilines is 2. The molecule has 3 amide bonds.